The molecular weight excluding hydrogens is 228 g/mol. The fraction of sp³-hybridized carbons (Fsp3) is 0.533. The second kappa shape index (κ2) is 5.53. The first-order valence-corrected chi connectivity index (χ1v) is 6.26. The molecule has 0 spiro atoms. The molecule has 0 aliphatic rings. The molecule has 1 aromatic rings. The van der Waals surface area contributed by atoms with Crippen LogP contribution in [0.2, 0.25) is 0 Å². The van der Waals surface area contributed by atoms with Crippen LogP contribution >= 0.6 is 0 Å². The Hall–Kier alpha value is -1.35. The van der Waals surface area contributed by atoms with Gasteiger partial charge in [-0.2, -0.15) is 0 Å². The predicted molar refractivity (Wildman–Crippen MR) is 71.5 cm³/mol. The first-order valence-electron chi connectivity index (χ1n) is 6.26. The van der Waals surface area contributed by atoms with Gasteiger partial charge in [0.2, 0.25) is 0 Å². The maximum Gasteiger partial charge on any atom is 0.306 e. The van der Waals surface area contributed by atoms with E-state index in [-0.39, 0.29) is 12.3 Å². The largest absolute Gasteiger partial charge is 0.481 e. The molecule has 1 aromatic carbocycles. The number of hydrogen-bond acceptors (Lipinski definition) is 2. The molecule has 0 aliphatic heterocycles. The van der Waals surface area contributed by atoms with Crippen LogP contribution in [0.1, 0.15) is 43.4 Å². The Bertz CT molecular complexity index is 437. The number of aliphatic hydroxyl groups is 1. The summed E-state index contributed by atoms with van der Waals surface area (Å²) < 4.78 is 0. The zero-order valence-corrected chi connectivity index (χ0v) is 11.5. The zero-order valence-electron chi connectivity index (χ0n) is 11.5. The number of aliphatic carboxylic acids is 1. The Kier molecular flexibility index (Phi) is 4.52. The lowest BCUT2D eigenvalue weighted by molar-refractivity contribution is -0.143. The summed E-state index contributed by atoms with van der Waals surface area (Å²) in [6.45, 7) is 7.93. The van der Waals surface area contributed by atoms with Crippen LogP contribution in [0.4, 0.5) is 0 Å². The number of hydrogen-bond donors (Lipinski definition) is 2. The van der Waals surface area contributed by atoms with E-state index in [1.807, 2.05) is 45.9 Å². The van der Waals surface area contributed by atoms with Crippen molar-refractivity contribution < 1.29 is 15.0 Å². The minimum atomic E-state index is -1.28. The van der Waals surface area contributed by atoms with Crippen molar-refractivity contribution in [2.24, 2.45) is 5.92 Å². The molecule has 100 valence electrons. The van der Waals surface area contributed by atoms with E-state index in [0.29, 0.717) is 12.0 Å². The first-order chi connectivity index (χ1) is 8.24. The summed E-state index contributed by atoms with van der Waals surface area (Å²) in [5, 5.41) is 19.6. The van der Waals surface area contributed by atoms with Crippen molar-refractivity contribution in [2.45, 2.75) is 46.1 Å². The van der Waals surface area contributed by atoms with E-state index in [1.165, 1.54) is 0 Å². The number of carboxylic acid groups (broad SMARTS) is 1. The number of aryl methyl sites for hydroxylation is 2. The van der Waals surface area contributed by atoms with Crippen LogP contribution in [-0.4, -0.2) is 16.2 Å². The third-order valence-corrected chi connectivity index (χ3v) is 3.23. The standard InChI is InChI=1S/C15H22O3/c1-10(2)8-15(18,9-14(16)17)13-6-5-11(3)12(4)7-13/h5-7,10,18H,8-9H2,1-4H3,(H,16,17). The van der Waals surface area contributed by atoms with Crippen LogP contribution in [0.25, 0.3) is 0 Å². The van der Waals surface area contributed by atoms with Gasteiger partial charge in [-0.3, -0.25) is 4.79 Å². The Balaban J connectivity index is 3.15. The van der Waals surface area contributed by atoms with E-state index in [0.717, 1.165) is 11.1 Å². The normalized spacial score (nSPS) is 14.6. The molecule has 3 nitrogen and oxygen atoms in total. The second-order valence-electron chi connectivity index (χ2n) is 5.50. The third kappa shape index (κ3) is 3.57. The average Bonchev–Trinajstić information content (AvgIpc) is 2.19. The van der Waals surface area contributed by atoms with E-state index in [9.17, 15) is 9.90 Å². The summed E-state index contributed by atoms with van der Waals surface area (Å²) in [6, 6.07) is 5.64. The fourth-order valence-corrected chi connectivity index (χ4v) is 2.25. The molecule has 0 aromatic heterocycles. The maximum absolute atomic E-state index is 11.0. The maximum atomic E-state index is 11.0. The molecule has 1 atom stereocenters. The van der Waals surface area contributed by atoms with E-state index in [4.69, 9.17) is 5.11 Å². The molecule has 3 heteroatoms. The van der Waals surface area contributed by atoms with Crippen LogP contribution < -0.4 is 0 Å². The van der Waals surface area contributed by atoms with Gasteiger partial charge >= 0.3 is 5.97 Å². The van der Waals surface area contributed by atoms with Gasteiger partial charge in [0.1, 0.15) is 5.60 Å². The molecule has 0 radical (unpaired) electrons. The molecule has 1 unspecified atom stereocenters. The summed E-state index contributed by atoms with van der Waals surface area (Å²) in [4.78, 5) is 11.0. The van der Waals surface area contributed by atoms with Gasteiger partial charge < -0.3 is 10.2 Å². The molecule has 0 saturated heterocycles. The van der Waals surface area contributed by atoms with E-state index in [2.05, 4.69) is 0 Å². The van der Waals surface area contributed by atoms with Crippen LogP contribution in [0, 0.1) is 19.8 Å². The first kappa shape index (κ1) is 14.7. The number of carbonyl (C=O) groups is 1. The van der Waals surface area contributed by atoms with Gasteiger partial charge in [-0.05, 0) is 42.9 Å². The Morgan fingerprint density at radius 3 is 2.33 bits per heavy atom. The Morgan fingerprint density at radius 1 is 1.28 bits per heavy atom. The quantitative estimate of drug-likeness (QED) is 0.844. The van der Waals surface area contributed by atoms with Gasteiger partial charge in [-0.15, -0.1) is 0 Å². The molecule has 0 saturated carbocycles. The van der Waals surface area contributed by atoms with Gasteiger partial charge in [-0.1, -0.05) is 32.0 Å². The van der Waals surface area contributed by atoms with Crippen molar-refractivity contribution in [1.82, 2.24) is 0 Å². The lowest BCUT2D eigenvalue weighted by atomic mass is 9.82. The predicted octanol–water partition coefficient (Wildman–Crippen LogP) is 3.01. The van der Waals surface area contributed by atoms with Crippen molar-refractivity contribution in [3.8, 4) is 0 Å². The second-order valence-corrected chi connectivity index (χ2v) is 5.50. The Morgan fingerprint density at radius 2 is 1.89 bits per heavy atom. The van der Waals surface area contributed by atoms with Crippen molar-refractivity contribution >= 4 is 5.97 Å². The van der Waals surface area contributed by atoms with E-state index >= 15 is 0 Å². The zero-order chi connectivity index (χ0) is 13.9. The van der Waals surface area contributed by atoms with Crippen LogP contribution in [-0.2, 0) is 10.4 Å². The van der Waals surface area contributed by atoms with Crippen LogP contribution in [0.15, 0.2) is 18.2 Å². The molecule has 0 bridgehead atoms. The Labute approximate surface area is 108 Å². The average molecular weight is 250 g/mol. The van der Waals surface area contributed by atoms with E-state index in [1.54, 1.807) is 0 Å². The van der Waals surface area contributed by atoms with Crippen molar-refractivity contribution in [3.05, 3.63) is 34.9 Å². The molecule has 0 amide bonds. The lowest BCUT2D eigenvalue weighted by Gasteiger charge is -2.29. The monoisotopic (exact) mass is 250 g/mol. The highest BCUT2D eigenvalue weighted by atomic mass is 16.4. The van der Waals surface area contributed by atoms with Crippen molar-refractivity contribution in [3.63, 3.8) is 0 Å². The number of rotatable bonds is 5. The molecule has 0 aliphatic carbocycles. The van der Waals surface area contributed by atoms with Crippen LogP contribution in [0.5, 0.6) is 0 Å². The molecule has 2 N–H and O–H groups in total. The summed E-state index contributed by atoms with van der Waals surface area (Å²) in [5.41, 5.74) is 1.63. The smallest absolute Gasteiger partial charge is 0.306 e. The fourth-order valence-electron chi connectivity index (χ4n) is 2.25. The highest BCUT2D eigenvalue weighted by Crippen LogP contribution is 2.33. The van der Waals surface area contributed by atoms with E-state index < -0.39 is 11.6 Å². The van der Waals surface area contributed by atoms with Crippen molar-refractivity contribution in [1.29, 1.82) is 0 Å². The minimum Gasteiger partial charge on any atom is -0.481 e. The lowest BCUT2D eigenvalue weighted by Crippen LogP contribution is -2.31. The van der Waals surface area contributed by atoms with Gasteiger partial charge in [-0.25, -0.2) is 0 Å². The van der Waals surface area contributed by atoms with Gasteiger partial charge in [0, 0.05) is 0 Å². The molecule has 0 heterocycles. The highest BCUT2D eigenvalue weighted by molar-refractivity contribution is 5.68. The van der Waals surface area contributed by atoms with Gasteiger partial charge in [0.15, 0.2) is 0 Å². The SMILES string of the molecule is Cc1ccc(C(O)(CC(=O)O)CC(C)C)cc1C. The summed E-state index contributed by atoms with van der Waals surface area (Å²) in [5.74, 6) is -0.743. The summed E-state index contributed by atoms with van der Waals surface area (Å²) >= 11 is 0. The molecular formula is C15H22O3. The molecule has 18 heavy (non-hydrogen) atoms. The third-order valence-electron chi connectivity index (χ3n) is 3.23. The number of carboxylic acids is 1. The number of benzene rings is 1. The van der Waals surface area contributed by atoms with Crippen LogP contribution in [0.3, 0.4) is 0 Å². The topological polar surface area (TPSA) is 57.5 Å². The van der Waals surface area contributed by atoms with Gasteiger partial charge in [0.25, 0.3) is 0 Å². The molecule has 1 rings (SSSR count). The minimum absolute atomic E-state index is 0.232. The summed E-state index contributed by atoms with van der Waals surface area (Å²) in [7, 11) is 0. The highest BCUT2D eigenvalue weighted by Gasteiger charge is 2.33. The summed E-state index contributed by atoms with van der Waals surface area (Å²) in [6.07, 6.45) is 0.190. The molecule has 0 fully saturated rings. The van der Waals surface area contributed by atoms with Gasteiger partial charge in [0.05, 0.1) is 6.42 Å². The van der Waals surface area contributed by atoms with Crippen molar-refractivity contribution in [2.75, 3.05) is 0 Å².